The molecule has 0 bridgehead atoms. The molecule has 6 N–H and O–H groups in total. The van der Waals surface area contributed by atoms with Gasteiger partial charge in [-0.05, 0) is 0 Å². The Balaban J connectivity index is 2.24. The molecule has 2 heterocycles. The second-order valence-electron chi connectivity index (χ2n) is 2.72. The van der Waals surface area contributed by atoms with Crippen LogP contribution in [0.25, 0.3) is 11.2 Å². The summed E-state index contributed by atoms with van der Waals surface area (Å²) in [5.74, 6) is 1.22. The summed E-state index contributed by atoms with van der Waals surface area (Å²) < 4.78 is 0. The van der Waals surface area contributed by atoms with Crippen LogP contribution >= 0.6 is 0 Å². The van der Waals surface area contributed by atoms with Crippen molar-refractivity contribution in [2.24, 2.45) is 0 Å². The SMILES string of the molecule is Nc1nc2[nH]c(NCCO)cc2[nH]1. The fraction of sp³-hybridized carbons (Fsp3) is 0.286. The summed E-state index contributed by atoms with van der Waals surface area (Å²) >= 11 is 0. The Morgan fingerprint density at radius 1 is 1.54 bits per heavy atom. The molecule has 6 heteroatoms. The summed E-state index contributed by atoms with van der Waals surface area (Å²) in [5, 5.41) is 11.6. The summed E-state index contributed by atoms with van der Waals surface area (Å²) in [5.41, 5.74) is 7.02. The lowest BCUT2D eigenvalue weighted by atomic mass is 10.5. The van der Waals surface area contributed by atoms with E-state index in [9.17, 15) is 0 Å². The molecule has 0 fully saturated rings. The minimum atomic E-state index is 0.0997. The summed E-state index contributed by atoms with van der Waals surface area (Å²) in [4.78, 5) is 9.90. The predicted octanol–water partition coefficient (Wildman–Crippen LogP) is -0.123. The Bertz CT molecular complexity index is 372. The van der Waals surface area contributed by atoms with Crippen LogP contribution in [-0.2, 0) is 0 Å². The lowest BCUT2D eigenvalue weighted by molar-refractivity contribution is 0.311. The summed E-state index contributed by atoms with van der Waals surface area (Å²) in [6.45, 7) is 0.612. The van der Waals surface area contributed by atoms with Gasteiger partial charge in [-0.1, -0.05) is 0 Å². The molecule has 0 aliphatic carbocycles. The molecule has 0 aliphatic rings. The van der Waals surface area contributed by atoms with Gasteiger partial charge in [-0.2, -0.15) is 4.98 Å². The Kier molecular flexibility index (Phi) is 1.82. The van der Waals surface area contributed by atoms with Crippen LogP contribution in [0, 0.1) is 0 Å². The standard InChI is InChI=1S/C7H11N5O/c8-7-10-4-3-5(9-1-2-13)11-6(4)12-7/h3,9,11,13H,1-2H2,(H3,8,10,12). The van der Waals surface area contributed by atoms with E-state index in [0.29, 0.717) is 12.5 Å². The third-order valence-electron chi connectivity index (χ3n) is 1.72. The lowest BCUT2D eigenvalue weighted by Crippen LogP contribution is -2.05. The van der Waals surface area contributed by atoms with Crippen LogP contribution in [0.3, 0.4) is 0 Å². The van der Waals surface area contributed by atoms with Crippen LogP contribution in [0.1, 0.15) is 0 Å². The summed E-state index contributed by atoms with van der Waals surface area (Å²) in [6.07, 6.45) is 0. The number of anilines is 2. The van der Waals surface area contributed by atoms with Crippen molar-refractivity contribution in [1.29, 1.82) is 0 Å². The zero-order valence-corrected chi connectivity index (χ0v) is 6.96. The van der Waals surface area contributed by atoms with Crippen molar-refractivity contribution in [3.05, 3.63) is 6.07 Å². The molecule has 6 nitrogen and oxygen atoms in total. The highest BCUT2D eigenvalue weighted by Crippen LogP contribution is 2.16. The first-order valence-corrected chi connectivity index (χ1v) is 3.98. The third-order valence-corrected chi connectivity index (χ3v) is 1.72. The summed E-state index contributed by atoms with van der Waals surface area (Å²) in [7, 11) is 0. The van der Waals surface area contributed by atoms with E-state index in [2.05, 4.69) is 20.3 Å². The fourth-order valence-corrected chi connectivity index (χ4v) is 1.20. The highest BCUT2D eigenvalue weighted by atomic mass is 16.3. The number of H-pyrrole nitrogens is 2. The molecule has 0 saturated heterocycles. The number of nitrogens with two attached hydrogens (primary N) is 1. The Labute approximate surface area is 74.2 Å². The Morgan fingerprint density at radius 2 is 2.38 bits per heavy atom. The van der Waals surface area contributed by atoms with Crippen LogP contribution in [0.5, 0.6) is 0 Å². The average molecular weight is 181 g/mol. The minimum absolute atomic E-state index is 0.0997. The molecule has 70 valence electrons. The highest BCUT2D eigenvalue weighted by Gasteiger charge is 2.03. The molecule has 0 radical (unpaired) electrons. The Morgan fingerprint density at radius 3 is 3.08 bits per heavy atom. The van der Waals surface area contributed by atoms with Gasteiger partial charge in [-0.15, -0.1) is 0 Å². The molecule has 0 saturated carbocycles. The molecule has 2 aromatic rings. The maximum atomic E-state index is 8.58. The Hall–Kier alpha value is -1.69. The number of hydrogen-bond donors (Lipinski definition) is 5. The first-order chi connectivity index (χ1) is 6.29. The van der Waals surface area contributed by atoms with Gasteiger partial charge in [0.1, 0.15) is 5.82 Å². The zero-order chi connectivity index (χ0) is 9.26. The fourth-order valence-electron chi connectivity index (χ4n) is 1.20. The topological polar surface area (TPSA) is 103 Å². The van der Waals surface area contributed by atoms with Crippen LogP contribution < -0.4 is 11.1 Å². The molecule has 0 amide bonds. The molecular formula is C7H11N5O. The number of nitrogens with one attached hydrogen (secondary N) is 3. The third kappa shape index (κ3) is 1.43. The molecule has 0 atom stereocenters. The molecule has 0 aromatic carbocycles. The van der Waals surface area contributed by atoms with Gasteiger partial charge in [-0.25, -0.2) is 0 Å². The van der Waals surface area contributed by atoms with Crippen molar-refractivity contribution in [3.8, 4) is 0 Å². The molecule has 2 rings (SSSR count). The van der Waals surface area contributed by atoms with Gasteiger partial charge in [-0.3, -0.25) is 0 Å². The van der Waals surface area contributed by atoms with Gasteiger partial charge in [0.2, 0.25) is 0 Å². The van der Waals surface area contributed by atoms with Gasteiger partial charge in [0.15, 0.2) is 11.6 Å². The number of aromatic nitrogens is 3. The number of imidazole rings is 1. The normalized spacial score (nSPS) is 10.8. The largest absolute Gasteiger partial charge is 0.395 e. The minimum Gasteiger partial charge on any atom is -0.395 e. The van der Waals surface area contributed by atoms with Crippen LogP contribution in [0.4, 0.5) is 11.8 Å². The number of hydrogen-bond acceptors (Lipinski definition) is 4. The van der Waals surface area contributed by atoms with E-state index in [0.717, 1.165) is 17.0 Å². The molecule has 0 spiro atoms. The second-order valence-corrected chi connectivity index (χ2v) is 2.72. The maximum Gasteiger partial charge on any atom is 0.199 e. The number of nitrogens with zero attached hydrogens (tertiary/aromatic N) is 1. The van der Waals surface area contributed by atoms with Crippen LogP contribution in [0.15, 0.2) is 6.07 Å². The van der Waals surface area contributed by atoms with Crippen molar-refractivity contribution < 1.29 is 5.11 Å². The van der Waals surface area contributed by atoms with Gasteiger partial charge >= 0.3 is 0 Å². The smallest absolute Gasteiger partial charge is 0.199 e. The van der Waals surface area contributed by atoms with Crippen molar-refractivity contribution in [2.75, 3.05) is 24.2 Å². The van der Waals surface area contributed by atoms with Gasteiger partial charge in [0, 0.05) is 12.6 Å². The van der Waals surface area contributed by atoms with E-state index in [1.165, 1.54) is 0 Å². The van der Waals surface area contributed by atoms with E-state index in [1.807, 2.05) is 6.07 Å². The molecule has 0 aliphatic heterocycles. The number of aromatic amines is 2. The molecule has 0 unspecified atom stereocenters. The average Bonchev–Trinajstić information content (AvgIpc) is 2.57. The molecule has 13 heavy (non-hydrogen) atoms. The lowest BCUT2D eigenvalue weighted by Gasteiger charge is -1.98. The van der Waals surface area contributed by atoms with Crippen molar-refractivity contribution in [1.82, 2.24) is 15.0 Å². The van der Waals surface area contributed by atoms with Crippen molar-refractivity contribution in [2.45, 2.75) is 0 Å². The number of aliphatic hydroxyl groups is 1. The first-order valence-electron chi connectivity index (χ1n) is 3.98. The quantitative estimate of drug-likeness (QED) is 0.455. The number of rotatable bonds is 3. The highest BCUT2D eigenvalue weighted by molar-refractivity contribution is 5.78. The monoisotopic (exact) mass is 181 g/mol. The van der Waals surface area contributed by atoms with Crippen LogP contribution in [0.2, 0.25) is 0 Å². The van der Waals surface area contributed by atoms with E-state index in [-0.39, 0.29) is 6.61 Å². The van der Waals surface area contributed by atoms with E-state index >= 15 is 0 Å². The van der Waals surface area contributed by atoms with Crippen molar-refractivity contribution in [3.63, 3.8) is 0 Å². The first kappa shape index (κ1) is 7.93. The van der Waals surface area contributed by atoms with Gasteiger partial charge < -0.3 is 26.1 Å². The molecular weight excluding hydrogens is 170 g/mol. The van der Waals surface area contributed by atoms with Gasteiger partial charge in [0.05, 0.1) is 12.1 Å². The van der Waals surface area contributed by atoms with E-state index in [1.54, 1.807) is 0 Å². The number of fused-ring (bicyclic) bond motifs is 1. The number of aliphatic hydroxyl groups excluding tert-OH is 1. The van der Waals surface area contributed by atoms with Crippen molar-refractivity contribution >= 4 is 22.9 Å². The maximum absolute atomic E-state index is 8.58. The van der Waals surface area contributed by atoms with Crippen LogP contribution in [-0.4, -0.2) is 33.2 Å². The predicted molar refractivity (Wildman–Crippen MR) is 50.4 cm³/mol. The molecule has 2 aromatic heterocycles. The van der Waals surface area contributed by atoms with Gasteiger partial charge in [0.25, 0.3) is 0 Å². The summed E-state index contributed by atoms with van der Waals surface area (Å²) in [6, 6.07) is 1.86. The van der Waals surface area contributed by atoms with E-state index < -0.39 is 0 Å². The zero-order valence-electron chi connectivity index (χ0n) is 6.96. The number of nitrogen functional groups attached to an aromatic ring is 1. The second kappa shape index (κ2) is 2.98. The van der Waals surface area contributed by atoms with E-state index in [4.69, 9.17) is 10.8 Å².